The van der Waals surface area contributed by atoms with Crippen LogP contribution < -0.4 is 5.73 Å². The zero-order valence-corrected chi connectivity index (χ0v) is 12.4. The minimum absolute atomic E-state index is 0.145. The summed E-state index contributed by atoms with van der Waals surface area (Å²) in [6.45, 7) is 3.99. The van der Waals surface area contributed by atoms with E-state index in [0.29, 0.717) is 11.6 Å². The molecule has 4 nitrogen and oxygen atoms in total. The number of nitrogens with two attached hydrogens (primary N) is 1. The molecule has 2 N–H and O–H groups in total. The van der Waals surface area contributed by atoms with Crippen molar-refractivity contribution in [1.82, 2.24) is 14.8 Å². The van der Waals surface area contributed by atoms with Gasteiger partial charge in [-0.2, -0.15) is 22.8 Å². The van der Waals surface area contributed by atoms with Gasteiger partial charge in [-0.25, -0.2) is 0 Å². The lowest BCUT2D eigenvalue weighted by Crippen LogP contribution is -2.10. The van der Waals surface area contributed by atoms with E-state index in [4.69, 9.17) is 5.73 Å². The molecule has 118 valence electrons. The topological polar surface area (TPSA) is 56.7 Å². The highest BCUT2D eigenvalue weighted by molar-refractivity contribution is 5.49. The van der Waals surface area contributed by atoms with Crippen molar-refractivity contribution in [3.63, 3.8) is 0 Å². The molecular weight excluding hydrogens is 293 g/mol. The van der Waals surface area contributed by atoms with Gasteiger partial charge in [-0.1, -0.05) is 26.0 Å². The second-order valence-electron chi connectivity index (χ2n) is 5.95. The van der Waals surface area contributed by atoms with Gasteiger partial charge in [0.2, 0.25) is 5.95 Å². The molecule has 0 saturated heterocycles. The zero-order valence-electron chi connectivity index (χ0n) is 12.4. The van der Waals surface area contributed by atoms with Crippen molar-refractivity contribution < 1.29 is 13.2 Å². The summed E-state index contributed by atoms with van der Waals surface area (Å²) in [5, 5.41) is 3.54. The van der Waals surface area contributed by atoms with Crippen LogP contribution in [0.25, 0.3) is 5.69 Å². The number of alkyl halides is 3. The summed E-state index contributed by atoms with van der Waals surface area (Å²) in [5.41, 5.74) is 8.34. The number of hydrogen-bond acceptors (Lipinski definition) is 3. The highest BCUT2D eigenvalue weighted by Gasteiger charge is 2.37. The molecule has 1 saturated carbocycles. The van der Waals surface area contributed by atoms with Gasteiger partial charge in [0.15, 0.2) is 0 Å². The van der Waals surface area contributed by atoms with Gasteiger partial charge in [-0.15, -0.1) is 5.10 Å². The normalized spacial score (nSPS) is 15.5. The molecular formula is C15H17F3N4. The van der Waals surface area contributed by atoms with E-state index in [9.17, 15) is 13.2 Å². The predicted octanol–water partition coefficient (Wildman–Crippen LogP) is 3.87. The summed E-state index contributed by atoms with van der Waals surface area (Å²) in [6, 6.07) is 5.77. The third-order valence-corrected chi connectivity index (χ3v) is 3.84. The fourth-order valence-corrected chi connectivity index (χ4v) is 2.52. The van der Waals surface area contributed by atoms with Crippen molar-refractivity contribution in [2.75, 3.05) is 5.73 Å². The van der Waals surface area contributed by atoms with Gasteiger partial charge in [0.1, 0.15) is 0 Å². The van der Waals surface area contributed by atoms with E-state index in [1.54, 1.807) is 6.07 Å². The maximum Gasteiger partial charge on any atom is 0.453 e. The number of halogens is 3. The van der Waals surface area contributed by atoms with Crippen molar-refractivity contribution >= 4 is 5.95 Å². The summed E-state index contributed by atoms with van der Waals surface area (Å²) >= 11 is 0. The van der Waals surface area contributed by atoms with Crippen LogP contribution in [0.3, 0.4) is 0 Å². The Morgan fingerprint density at radius 2 is 1.95 bits per heavy atom. The molecule has 0 radical (unpaired) electrons. The number of anilines is 1. The molecule has 3 rings (SSSR count). The van der Waals surface area contributed by atoms with Gasteiger partial charge in [0.25, 0.3) is 5.82 Å². The largest absolute Gasteiger partial charge is 0.453 e. The van der Waals surface area contributed by atoms with Crippen LogP contribution in [0.5, 0.6) is 0 Å². The standard InChI is InChI=1S/C15H17F3N4/c1-8(2)11-7-10(9-3-4-9)5-6-12(11)22-14(19)20-13(21-22)15(16,17)18/h5-9H,3-4H2,1-2H3,(H2,19,20,21). The van der Waals surface area contributed by atoms with E-state index >= 15 is 0 Å². The number of hydrogen-bond donors (Lipinski definition) is 1. The molecule has 7 heteroatoms. The fraction of sp³-hybridized carbons (Fsp3) is 0.467. The summed E-state index contributed by atoms with van der Waals surface area (Å²) in [5.74, 6) is -0.753. The van der Waals surface area contributed by atoms with Crippen LogP contribution in [0.2, 0.25) is 0 Å². The Morgan fingerprint density at radius 1 is 1.27 bits per heavy atom. The second kappa shape index (κ2) is 5.00. The maximum atomic E-state index is 12.7. The van der Waals surface area contributed by atoms with E-state index in [0.717, 1.165) is 10.2 Å². The van der Waals surface area contributed by atoms with Gasteiger partial charge in [-0.05, 0) is 41.9 Å². The van der Waals surface area contributed by atoms with Crippen molar-refractivity contribution in [3.8, 4) is 5.69 Å². The molecule has 1 heterocycles. The summed E-state index contributed by atoms with van der Waals surface area (Å²) in [6.07, 6.45) is -2.27. The minimum atomic E-state index is -4.61. The van der Waals surface area contributed by atoms with Crippen molar-refractivity contribution in [2.24, 2.45) is 0 Å². The van der Waals surface area contributed by atoms with Crippen molar-refractivity contribution in [3.05, 3.63) is 35.2 Å². The molecule has 1 aromatic heterocycles. The molecule has 2 aromatic rings. The van der Waals surface area contributed by atoms with Crippen LogP contribution in [0.15, 0.2) is 18.2 Å². The number of nitrogens with zero attached hydrogens (tertiary/aromatic N) is 3. The molecule has 1 aromatic carbocycles. The third kappa shape index (κ3) is 2.67. The molecule has 0 unspecified atom stereocenters. The SMILES string of the molecule is CC(C)c1cc(C2CC2)ccc1-n1nc(C(F)(F)F)nc1N. The Hall–Kier alpha value is -2.05. The Labute approximate surface area is 126 Å². The van der Waals surface area contributed by atoms with Gasteiger partial charge in [-0.3, -0.25) is 0 Å². The molecule has 22 heavy (non-hydrogen) atoms. The lowest BCUT2D eigenvalue weighted by molar-refractivity contribution is -0.144. The Bertz CT molecular complexity index is 699. The van der Waals surface area contributed by atoms with Crippen LogP contribution in [-0.4, -0.2) is 14.8 Å². The monoisotopic (exact) mass is 310 g/mol. The number of benzene rings is 1. The van der Waals surface area contributed by atoms with Gasteiger partial charge < -0.3 is 5.73 Å². The minimum Gasteiger partial charge on any atom is -0.368 e. The predicted molar refractivity (Wildman–Crippen MR) is 76.8 cm³/mol. The lowest BCUT2D eigenvalue weighted by Gasteiger charge is -2.15. The smallest absolute Gasteiger partial charge is 0.368 e. The molecule has 0 aliphatic heterocycles. The average Bonchev–Trinajstić information content (AvgIpc) is 3.20. The summed E-state index contributed by atoms with van der Waals surface area (Å²) < 4.78 is 39.3. The van der Waals surface area contributed by atoms with Crippen LogP contribution in [-0.2, 0) is 6.18 Å². The Kier molecular flexibility index (Phi) is 3.38. The van der Waals surface area contributed by atoms with E-state index in [1.807, 2.05) is 26.0 Å². The van der Waals surface area contributed by atoms with Gasteiger partial charge in [0, 0.05) is 0 Å². The maximum absolute atomic E-state index is 12.7. The fourth-order valence-electron chi connectivity index (χ4n) is 2.52. The third-order valence-electron chi connectivity index (χ3n) is 3.84. The van der Waals surface area contributed by atoms with E-state index in [-0.39, 0.29) is 11.9 Å². The average molecular weight is 310 g/mol. The Balaban J connectivity index is 2.09. The van der Waals surface area contributed by atoms with Gasteiger partial charge in [0.05, 0.1) is 5.69 Å². The number of nitrogen functional groups attached to an aromatic ring is 1. The van der Waals surface area contributed by atoms with Crippen molar-refractivity contribution in [1.29, 1.82) is 0 Å². The summed E-state index contributed by atoms with van der Waals surface area (Å²) in [4.78, 5) is 3.33. The number of aromatic nitrogens is 3. The van der Waals surface area contributed by atoms with E-state index in [1.165, 1.54) is 18.4 Å². The van der Waals surface area contributed by atoms with Crippen LogP contribution in [0, 0.1) is 0 Å². The second-order valence-corrected chi connectivity index (χ2v) is 5.95. The summed E-state index contributed by atoms with van der Waals surface area (Å²) in [7, 11) is 0. The lowest BCUT2D eigenvalue weighted by atomic mass is 9.97. The first-order valence-corrected chi connectivity index (χ1v) is 7.21. The molecule has 0 atom stereocenters. The van der Waals surface area contributed by atoms with E-state index < -0.39 is 12.0 Å². The highest BCUT2D eigenvalue weighted by atomic mass is 19.4. The molecule has 0 spiro atoms. The van der Waals surface area contributed by atoms with Crippen molar-refractivity contribution in [2.45, 2.75) is 44.7 Å². The molecule has 1 aliphatic carbocycles. The van der Waals surface area contributed by atoms with E-state index in [2.05, 4.69) is 10.1 Å². The molecule has 0 amide bonds. The first kappa shape index (κ1) is 14.9. The molecule has 1 fully saturated rings. The molecule has 0 bridgehead atoms. The van der Waals surface area contributed by atoms with Crippen LogP contribution >= 0.6 is 0 Å². The zero-order chi connectivity index (χ0) is 16.1. The van der Waals surface area contributed by atoms with Crippen LogP contribution in [0.4, 0.5) is 19.1 Å². The Morgan fingerprint density at radius 3 is 2.45 bits per heavy atom. The van der Waals surface area contributed by atoms with Gasteiger partial charge >= 0.3 is 6.18 Å². The quantitative estimate of drug-likeness (QED) is 0.936. The first-order chi connectivity index (χ1) is 10.3. The van der Waals surface area contributed by atoms with Crippen LogP contribution in [0.1, 0.15) is 55.5 Å². The highest BCUT2D eigenvalue weighted by Crippen LogP contribution is 2.41. The number of rotatable bonds is 3. The first-order valence-electron chi connectivity index (χ1n) is 7.21. The molecule has 1 aliphatic rings.